The number of esters is 1. The van der Waals surface area contributed by atoms with Crippen molar-refractivity contribution < 1.29 is 47.7 Å². The Kier molecular flexibility index (Phi) is 22.5. The molecule has 1 saturated heterocycles. The van der Waals surface area contributed by atoms with E-state index in [0.717, 1.165) is 11.1 Å². The average Bonchev–Trinajstić information content (AvgIpc) is 3.77. The summed E-state index contributed by atoms with van der Waals surface area (Å²) in [5.41, 5.74) is 2.31. The van der Waals surface area contributed by atoms with Gasteiger partial charge in [-0.3, -0.25) is 29.4 Å². The summed E-state index contributed by atoms with van der Waals surface area (Å²) < 4.78 is 22.1. The Morgan fingerprint density at radius 2 is 1.48 bits per heavy atom. The van der Waals surface area contributed by atoms with Gasteiger partial charge < -0.3 is 39.4 Å². The third kappa shape index (κ3) is 15.2. The van der Waals surface area contributed by atoms with Gasteiger partial charge in [-0.2, -0.15) is 0 Å². The minimum absolute atomic E-state index is 0.0342. The second-order valence-electron chi connectivity index (χ2n) is 18.2. The first-order valence-electron chi connectivity index (χ1n) is 23.4. The van der Waals surface area contributed by atoms with Gasteiger partial charge in [-0.25, -0.2) is 9.59 Å². The molecule has 1 heterocycles. The summed E-state index contributed by atoms with van der Waals surface area (Å²) in [6.45, 7) is 16.3. The molecule has 0 saturated carbocycles. The van der Waals surface area contributed by atoms with E-state index in [1.54, 1.807) is 36.8 Å². The van der Waals surface area contributed by atoms with E-state index in [2.05, 4.69) is 16.0 Å². The van der Waals surface area contributed by atoms with Crippen LogP contribution in [0.3, 0.4) is 0 Å². The van der Waals surface area contributed by atoms with Gasteiger partial charge in [0.15, 0.2) is 0 Å². The minimum atomic E-state index is -0.912. The lowest BCUT2D eigenvalue weighted by Crippen LogP contribution is -2.60. The molecule has 0 aliphatic carbocycles. The minimum Gasteiger partial charge on any atom is -0.467 e. The fraction of sp³-hybridized carbons (Fsp3) is 0.640. The molecule has 0 bridgehead atoms. The molecule has 1 aliphatic rings. The maximum Gasteiger partial charge on any atom is 0.411 e. The van der Waals surface area contributed by atoms with Gasteiger partial charge in [-0.1, -0.05) is 97.4 Å². The number of likely N-dealkylation sites (tertiary alicyclic amines) is 1. The van der Waals surface area contributed by atoms with Gasteiger partial charge in [-0.15, -0.1) is 0 Å². The number of carbonyl (C=O) groups excluding carboxylic acids is 6. The van der Waals surface area contributed by atoms with Crippen LogP contribution >= 0.6 is 0 Å². The van der Waals surface area contributed by atoms with Crippen molar-refractivity contribution in [2.45, 2.75) is 136 Å². The van der Waals surface area contributed by atoms with E-state index in [9.17, 15) is 28.8 Å². The SMILES string of the molecule is CCOC(=O)Nc1cccc(CN(C)[C@H](C(=O)N[C@H](C(=O)N(C)[C@@H]([C@@H](C)CC)[C@@H](CC(=O)N2CCC[C@H]2[C@H](OC)[C@@H](C)C(=O)N[C@@H](Cc2ccccc2)C(=O)OC)OC)C(C)C)C(C)C)c1. The van der Waals surface area contributed by atoms with Crippen LogP contribution < -0.4 is 16.0 Å². The second-order valence-corrected chi connectivity index (χ2v) is 18.2. The van der Waals surface area contributed by atoms with Gasteiger partial charge in [0, 0.05) is 46.5 Å². The smallest absolute Gasteiger partial charge is 0.411 e. The average molecular weight is 923 g/mol. The fourth-order valence-corrected chi connectivity index (χ4v) is 9.20. The zero-order chi connectivity index (χ0) is 49.2. The summed E-state index contributed by atoms with van der Waals surface area (Å²) in [5, 5.41) is 8.68. The highest BCUT2D eigenvalue weighted by atomic mass is 16.5. The Morgan fingerprint density at radius 3 is 2.06 bits per heavy atom. The van der Waals surface area contributed by atoms with Gasteiger partial charge in [0.25, 0.3) is 0 Å². The first-order chi connectivity index (χ1) is 31.3. The zero-order valence-electron chi connectivity index (χ0n) is 41.6. The number of nitrogens with zero attached hydrogens (tertiary/aromatic N) is 3. The van der Waals surface area contributed by atoms with Crippen LogP contribution in [0.15, 0.2) is 54.6 Å². The summed E-state index contributed by atoms with van der Waals surface area (Å²) >= 11 is 0. The van der Waals surface area contributed by atoms with E-state index < -0.39 is 66.3 Å². The van der Waals surface area contributed by atoms with Gasteiger partial charge >= 0.3 is 12.1 Å². The number of nitrogens with one attached hydrogen (secondary N) is 3. The molecular formula is C50H78N6O10. The molecule has 2 aromatic rings. The van der Waals surface area contributed by atoms with E-state index in [1.807, 2.05) is 102 Å². The molecule has 3 rings (SSSR count). The third-order valence-corrected chi connectivity index (χ3v) is 12.8. The van der Waals surface area contributed by atoms with Gasteiger partial charge in [-0.05, 0) is 67.8 Å². The maximum atomic E-state index is 14.6. The van der Waals surface area contributed by atoms with Crippen LogP contribution in [-0.4, -0.2) is 141 Å². The number of hydrogen-bond acceptors (Lipinski definition) is 11. The predicted octanol–water partition coefficient (Wildman–Crippen LogP) is 5.67. The van der Waals surface area contributed by atoms with Crippen molar-refractivity contribution >= 4 is 41.4 Å². The molecule has 1 fully saturated rings. The molecule has 368 valence electrons. The number of likely N-dealkylation sites (N-methyl/N-ethyl adjacent to an activating group) is 2. The number of methoxy groups -OCH3 is 3. The van der Waals surface area contributed by atoms with Crippen LogP contribution in [0.25, 0.3) is 0 Å². The molecule has 0 spiro atoms. The molecule has 1 aliphatic heterocycles. The monoisotopic (exact) mass is 923 g/mol. The van der Waals surface area contributed by atoms with Gasteiger partial charge in [0.1, 0.15) is 12.1 Å². The lowest BCUT2D eigenvalue weighted by atomic mass is 9.89. The maximum absolute atomic E-state index is 14.6. The van der Waals surface area contributed by atoms with Crippen LogP contribution in [0.5, 0.6) is 0 Å². The Morgan fingerprint density at radius 1 is 0.818 bits per heavy atom. The highest BCUT2D eigenvalue weighted by molar-refractivity contribution is 5.90. The fourth-order valence-electron chi connectivity index (χ4n) is 9.20. The normalized spacial score (nSPS) is 17.5. The Hall–Kier alpha value is -5.06. The molecule has 16 heteroatoms. The number of ether oxygens (including phenoxy) is 4. The van der Waals surface area contributed by atoms with Crippen molar-refractivity contribution in [1.82, 2.24) is 25.3 Å². The molecular weight excluding hydrogens is 845 g/mol. The summed E-state index contributed by atoms with van der Waals surface area (Å²) in [4.78, 5) is 87.2. The predicted molar refractivity (Wildman–Crippen MR) is 254 cm³/mol. The zero-order valence-corrected chi connectivity index (χ0v) is 41.6. The van der Waals surface area contributed by atoms with E-state index in [0.29, 0.717) is 38.0 Å². The number of benzene rings is 2. The first-order valence-corrected chi connectivity index (χ1v) is 23.4. The second kappa shape index (κ2) is 26.9. The van der Waals surface area contributed by atoms with E-state index in [1.165, 1.54) is 21.3 Å². The highest BCUT2D eigenvalue weighted by Crippen LogP contribution is 2.30. The molecule has 0 aromatic heterocycles. The van der Waals surface area contributed by atoms with Crippen molar-refractivity contribution in [3.63, 3.8) is 0 Å². The summed E-state index contributed by atoms with van der Waals surface area (Å²) in [5.74, 6) is -2.94. The van der Waals surface area contributed by atoms with E-state index in [4.69, 9.17) is 18.9 Å². The lowest BCUT2D eigenvalue weighted by Gasteiger charge is -2.41. The molecule has 3 N–H and O–H groups in total. The Labute approximate surface area is 393 Å². The number of hydrogen-bond donors (Lipinski definition) is 3. The Bertz CT molecular complexity index is 1880. The molecule has 66 heavy (non-hydrogen) atoms. The molecule has 5 amide bonds. The van der Waals surface area contributed by atoms with Gasteiger partial charge in [0.05, 0.1) is 56.4 Å². The molecule has 9 atom stereocenters. The van der Waals surface area contributed by atoms with Crippen LogP contribution in [-0.2, 0) is 55.9 Å². The number of amides is 5. The largest absolute Gasteiger partial charge is 0.467 e. The number of carbonyl (C=O) groups is 6. The van der Waals surface area contributed by atoms with Gasteiger partial charge in [0.2, 0.25) is 23.6 Å². The molecule has 0 radical (unpaired) electrons. The summed E-state index contributed by atoms with van der Waals surface area (Å²) in [6, 6.07) is 13.4. The van der Waals surface area contributed by atoms with E-state index >= 15 is 0 Å². The van der Waals surface area contributed by atoms with Crippen LogP contribution in [0.1, 0.15) is 92.2 Å². The molecule has 16 nitrogen and oxygen atoms in total. The first kappa shape index (κ1) is 55.3. The van der Waals surface area contributed by atoms with Crippen molar-refractivity contribution in [2.24, 2.45) is 23.7 Å². The van der Waals surface area contributed by atoms with Crippen molar-refractivity contribution in [2.75, 3.05) is 53.9 Å². The summed E-state index contributed by atoms with van der Waals surface area (Å²) in [6.07, 6.45) is 0.294. The molecule has 0 unspecified atom stereocenters. The van der Waals surface area contributed by atoms with Crippen molar-refractivity contribution in [3.8, 4) is 0 Å². The number of anilines is 1. The third-order valence-electron chi connectivity index (χ3n) is 12.8. The summed E-state index contributed by atoms with van der Waals surface area (Å²) in [7, 11) is 7.91. The highest BCUT2D eigenvalue weighted by Gasteiger charge is 2.43. The van der Waals surface area contributed by atoms with Crippen LogP contribution in [0, 0.1) is 23.7 Å². The van der Waals surface area contributed by atoms with E-state index in [-0.39, 0.29) is 54.9 Å². The van der Waals surface area contributed by atoms with Crippen molar-refractivity contribution in [3.05, 3.63) is 65.7 Å². The standard InChI is InChI=1S/C50H78N6O10/c1-14-33(7)44(55(10)48(60)42(31(3)4)53-47(59)43(32(5)6)54(9)30-36-23-19-24-37(27-36)51-50(62)66-15-2)40(63-11)29-41(57)56-26-20-25-39(56)45(64-12)34(8)46(58)52-38(49(61)65-13)28-35-21-17-16-18-22-35/h16-19,21-24,27,31-34,38-40,42-45H,14-15,20,25-26,28-30H2,1-13H3,(H,51,62)(H,52,58)(H,53,59)/t33-,34+,38-,39-,40+,42-,43-,44-,45+/m0/s1. The van der Waals surface area contributed by atoms with Crippen LogP contribution in [0.4, 0.5) is 10.5 Å². The molecule has 2 aromatic carbocycles. The number of rotatable bonds is 25. The Balaban J connectivity index is 1.78. The van der Waals surface area contributed by atoms with Crippen molar-refractivity contribution in [1.29, 1.82) is 0 Å². The lowest BCUT2D eigenvalue weighted by molar-refractivity contribution is -0.149. The van der Waals surface area contributed by atoms with Crippen LogP contribution in [0.2, 0.25) is 0 Å². The quantitative estimate of drug-likeness (QED) is 0.104. The topological polar surface area (TPSA) is 185 Å².